The first-order valence-corrected chi connectivity index (χ1v) is 8.44. The Hall–Kier alpha value is -0.0800. The van der Waals surface area contributed by atoms with Crippen LogP contribution in [0.3, 0.4) is 0 Å². The minimum absolute atomic E-state index is 0.00855. The zero-order valence-corrected chi connectivity index (χ0v) is 14.6. The van der Waals surface area contributed by atoms with Gasteiger partial charge in [-0.1, -0.05) is 19.3 Å². The highest BCUT2D eigenvalue weighted by Crippen LogP contribution is 2.33. The summed E-state index contributed by atoms with van der Waals surface area (Å²) >= 11 is 0. The van der Waals surface area contributed by atoms with Gasteiger partial charge in [-0.3, -0.25) is 0 Å². The third kappa shape index (κ3) is 8.97. The van der Waals surface area contributed by atoms with E-state index in [2.05, 4.69) is 41.5 Å². The first-order chi connectivity index (χ1) is 9.16. The van der Waals surface area contributed by atoms with E-state index in [4.69, 9.17) is 9.47 Å². The van der Waals surface area contributed by atoms with Crippen LogP contribution < -0.4 is 0 Å². The van der Waals surface area contributed by atoms with Crippen LogP contribution in [0.4, 0.5) is 0 Å². The minimum atomic E-state index is 0.00855. The second kappa shape index (κ2) is 7.79. The fourth-order valence-electron chi connectivity index (χ4n) is 2.99. The molecule has 0 amide bonds. The van der Waals surface area contributed by atoms with Crippen molar-refractivity contribution in [3.05, 3.63) is 0 Å². The van der Waals surface area contributed by atoms with E-state index in [0.29, 0.717) is 0 Å². The number of hydrogen-bond acceptors (Lipinski definition) is 2. The number of rotatable bonds is 6. The standard InChI is InChI=1S/C18H36O2/c1-17(2,3)19-12-10-15-8-7-9-16(14-15)11-13-20-18(4,5)6/h15-16H,7-14H2,1-6H3. The van der Waals surface area contributed by atoms with Crippen molar-refractivity contribution in [3.63, 3.8) is 0 Å². The molecule has 0 radical (unpaired) electrons. The Balaban J connectivity index is 2.18. The van der Waals surface area contributed by atoms with Gasteiger partial charge in [-0.15, -0.1) is 0 Å². The summed E-state index contributed by atoms with van der Waals surface area (Å²) < 4.78 is 11.7. The van der Waals surface area contributed by atoms with Crippen LogP contribution in [0.2, 0.25) is 0 Å². The van der Waals surface area contributed by atoms with Gasteiger partial charge in [0.2, 0.25) is 0 Å². The average Bonchev–Trinajstić information content (AvgIpc) is 2.26. The lowest BCUT2D eigenvalue weighted by Gasteiger charge is -2.31. The summed E-state index contributed by atoms with van der Waals surface area (Å²) in [4.78, 5) is 0. The monoisotopic (exact) mass is 284 g/mol. The van der Waals surface area contributed by atoms with Gasteiger partial charge in [-0.25, -0.2) is 0 Å². The van der Waals surface area contributed by atoms with Crippen LogP contribution in [-0.2, 0) is 9.47 Å². The Kier molecular flexibility index (Phi) is 7.00. The summed E-state index contributed by atoms with van der Waals surface area (Å²) in [5.41, 5.74) is 0.0171. The summed E-state index contributed by atoms with van der Waals surface area (Å²) in [5, 5.41) is 0. The summed E-state index contributed by atoms with van der Waals surface area (Å²) in [6.07, 6.45) is 8.01. The van der Waals surface area contributed by atoms with Crippen LogP contribution in [0.1, 0.15) is 80.1 Å². The zero-order valence-electron chi connectivity index (χ0n) is 14.6. The Morgan fingerprint density at radius 1 is 0.750 bits per heavy atom. The molecule has 1 saturated carbocycles. The Morgan fingerprint density at radius 3 is 1.50 bits per heavy atom. The van der Waals surface area contributed by atoms with E-state index in [1.165, 1.54) is 38.5 Å². The quantitative estimate of drug-likeness (QED) is 0.667. The smallest absolute Gasteiger partial charge is 0.0598 e. The van der Waals surface area contributed by atoms with Gasteiger partial charge < -0.3 is 9.47 Å². The first kappa shape index (κ1) is 18.0. The molecule has 2 atom stereocenters. The second-order valence-corrected chi connectivity index (χ2v) is 8.40. The largest absolute Gasteiger partial charge is 0.376 e. The Bertz CT molecular complexity index is 234. The minimum Gasteiger partial charge on any atom is -0.376 e. The predicted octanol–water partition coefficient (Wildman–Crippen LogP) is 5.20. The highest BCUT2D eigenvalue weighted by molar-refractivity contribution is 4.74. The SMILES string of the molecule is CC(C)(C)OCCC1CCCC(CCOC(C)(C)C)C1. The van der Waals surface area contributed by atoms with Crippen LogP contribution in [0.15, 0.2) is 0 Å². The van der Waals surface area contributed by atoms with Gasteiger partial charge in [-0.2, -0.15) is 0 Å². The number of hydrogen-bond donors (Lipinski definition) is 0. The molecule has 1 rings (SSSR count). The van der Waals surface area contributed by atoms with Gasteiger partial charge in [0.25, 0.3) is 0 Å². The molecule has 1 fully saturated rings. The van der Waals surface area contributed by atoms with Crippen molar-refractivity contribution < 1.29 is 9.47 Å². The average molecular weight is 284 g/mol. The maximum absolute atomic E-state index is 5.87. The third-order valence-corrected chi connectivity index (χ3v) is 4.01. The molecular weight excluding hydrogens is 248 g/mol. The highest BCUT2D eigenvalue weighted by Gasteiger charge is 2.23. The van der Waals surface area contributed by atoms with Gasteiger partial charge in [0.05, 0.1) is 11.2 Å². The van der Waals surface area contributed by atoms with E-state index in [-0.39, 0.29) is 11.2 Å². The lowest BCUT2D eigenvalue weighted by molar-refractivity contribution is -0.0188. The van der Waals surface area contributed by atoms with E-state index < -0.39 is 0 Å². The summed E-state index contributed by atoms with van der Waals surface area (Å²) in [5.74, 6) is 1.73. The van der Waals surface area contributed by atoms with Crippen molar-refractivity contribution in [2.45, 2.75) is 91.3 Å². The topological polar surface area (TPSA) is 18.5 Å². The highest BCUT2D eigenvalue weighted by atomic mass is 16.5. The molecule has 1 aliphatic rings. The molecule has 1 aliphatic carbocycles. The maximum Gasteiger partial charge on any atom is 0.0598 e. The van der Waals surface area contributed by atoms with Crippen LogP contribution in [-0.4, -0.2) is 24.4 Å². The predicted molar refractivity (Wildman–Crippen MR) is 86.1 cm³/mol. The molecule has 0 bridgehead atoms. The van der Waals surface area contributed by atoms with Gasteiger partial charge in [0.1, 0.15) is 0 Å². The molecular formula is C18H36O2. The van der Waals surface area contributed by atoms with E-state index in [9.17, 15) is 0 Å². The van der Waals surface area contributed by atoms with Gasteiger partial charge in [-0.05, 0) is 72.6 Å². The van der Waals surface area contributed by atoms with Crippen molar-refractivity contribution in [1.29, 1.82) is 0 Å². The second-order valence-electron chi connectivity index (χ2n) is 8.40. The molecule has 0 aromatic heterocycles. The van der Waals surface area contributed by atoms with Crippen molar-refractivity contribution in [2.75, 3.05) is 13.2 Å². The molecule has 0 aromatic rings. The zero-order chi connectivity index (χ0) is 15.2. The molecule has 0 heterocycles. The van der Waals surface area contributed by atoms with Crippen molar-refractivity contribution in [1.82, 2.24) is 0 Å². The molecule has 20 heavy (non-hydrogen) atoms. The van der Waals surface area contributed by atoms with Crippen LogP contribution in [0.5, 0.6) is 0 Å². The van der Waals surface area contributed by atoms with Crippen molar-refractivity contribution in [3.8, 4) is 0 Å². The first-order valence-electron chi connectivity index (χ1n) is 8.44. The molecule has 2 unspecified atom stereocenters. The molecule has 0 aromatic carbocycles. The molecule has 120 valence electrons. The molecule has 2 heteroatoms. The maximum atomic E-state index is 5.87. The van der Waals surface area contributed by atoms with Crippen LogP contribution in [0.25, 0.3) is 0 Å². The Labute approximate surface area is 126 Å². The van der Waals surface area contributed by atoms with Gasteiger partial charge in [0.15, 0.2) is 0 Å². The fraction of sp³-hybridized carbons (Fsp3) is 1.00. The van der Waals surface area contributed by atoms with E-state index in [0.717, 1.165) is 25.0 Å². The summed E-state index contributed by atoms with van der Waals surface area (Å²) in [6, 6.07) is 0. The van der Waals surface area contributed by atoms with E-state index >= 15 is 0 Å². The van der Waals surface area contributed by atoms with Gasteiger partial charge >= 0.3 is 0 Å². The number of ether oxygens (including phenoxy) is 2. The lowest BCUT2D eigenvalue weighted by Crippen LogP contribution is -2.24. The molecule has 0 N–H and O–H groups in total. The summed E-state index contributed by atoms with van der Waals surface area (Å²) in [6.45, 7) is 14.7. The van der Waals surface area contributed by atoms with Crippen LogP contribution in [0, 0.1) is 11.8 Å². The molecule has 0 spiro atoms. The third-order valence-electron chi connectivity index (χ3n) is 4.01. The fourth-order valence-corrected chi connectivity index (χ4v) is 2.99. The van der Waals surface area contributed by atoms with Crippen LogP contribution >= 0.6 is 0 Å². The van der Waals surface area contributed by atoms with E-state index in [1.54, 1.807) is 0 Å². The van der Waals surface area contributed by atoms with Crippen molar-refractivity contribution in [2.24, 2.45) is 11.8 Å². The molecule has 0 saturated heterocycles. The lowest BCUT2D eigenvalue weighted by atomic mass is 9.79. The Morgan fingerprint density at radius 2 is 1.15 bits per heavy atom. The molecule has 2 nitrogen and oxygen atoms in total. The van der Waals surface area contributed by atoms with E-state index in [1.807, 2.05) is 0 Å². The van der Waals surface area contributed by atoms with Gasteiger partial charge in [0, 0.05) is 13.2 Å². The van der Waals surface area contributed by atoms with Crippen molar-refractivity contribution >= 4 is 0 Å². The molecule has 0 aliphatic heterocycles. The normalized spacial score (nSPS) is 24.9. The summed E-state index contributed by atoms with van der Waals surface area (Å²) in [7, 11) is 0.